The van der Waals surface area contributed by atoms with Gasteiger partial charge in [-0.2, -0.15) is 0 Å². The van der Waals surface area contributed by atoms with E-state index in [-0.39, 0.29) is 22.8 Å². The third kappa shape index (κ3) is 9.08. The normalized spacial score (nSPS) is 11.8. The molecule has 0 aromatic heterocycles. The first-order valence-electron chi connectivity index (χ1n) is 14.0. The Morgan fingerprint density at radius 1 is 0.814 bits per heavy atom. The Balaban J connectivity index is 1.51. The van der Waals surface area contributed by atoms with Crippen molar-refractivity contribution in [1.82, 2.24) is 5.32 Å². The van der Waals surface area contributed by atoms with Crippen LogP contribution in [0.5, 0.6) is 0 Å². The molecule has 3 N–H and O–H groups in total. The van der Waals surface area contributed by atoms with E-state index in [1.807, 2.05) is 106 Å². The highest BCUT2D eigenvalue weighted by Crippen LogP contribution is 2.29. The van der Waals surface area contributed by atoms with Crippen LogP contribution in [-0.2, 0) is 9.59 Å². The van der Waals surface area contributed by atoms with Gasteiger partial charge < -0.3 is 20.9 Å². The van der Waals surface area contributed by atoms with E-state index in [0.29, 0.717) is 17.7 Å². The van der Waals surface area contributed by atoms with Crippen molar-refractivity contribution in [3.63, 3.8) is 0 Å². The van der Waals surface area contributed by atoms with E-state index in [9.17, 15) is 14.4 Å². The van der Waals surface area contributed by atoms with E-state index in [1.54, 1.807) is 36.4 Å². The first-order chi connectivity index (χ1) is 20.7. The summed E-state index contributed by atoms with van der Waals surface area (Å²) < 4.78 is 0. The molecule has 4 rings (SSSR count). The number of nitrogens with zero attached hydrogens (tertiary/aromatic N) is 1. The molecule has 0 saturated carbocycles. The second-order valence-corrected chi connectivity index (χ2v) is 11.5. The molecule has 0 radical (unpaired) electrons. The summed E-state index contributed by atoms with van der Waals surface area (Å²) in [5.41, 5.74) is 4.75. The van der Waals surface area contributed by atoms with Gasteiger partial charge in [0.2, 0.25) is 5.91 Å². The van der Waals surface area contributed by atoms with Crippen molar-refractivity contribution >= 4 is 52.6 Å². The van der Waals surface area contributed by atoms with Gasteiger partial charge in [0.05, 0.1) is 5.25 Å². The van der Waals surface area contributed by atoms with Crippen LogP contribution in [0.3, 0.4) is 0 Å². The number of amides is 3. The van der Waals surface area contributed by atoms with Crippen LogP contribution in [0.4, 0.5) is 17.1 Å². The van der Waals surface area contributed by atoms with Crippen molar-refractivity contribution in [2.24, 2.45) is 0 Å². The molecule has 43 heavy (non-hydrogen) atoms. The molecule has 0 heterocycles. The number of nitrogens with one attached hydrogen (secondary N) is 3. The number of thioether (sulfide) groups is 1. The molecule has 0 aliphatic carbocycles. The molecule has 1 atom stereocenters. The summed E-state index contributed by atoms with van der Waals surface area (Å²) in [6.45, 7) is 3.97. The van der Waals surface area contributed by atoms with E-state index in [1.165, 1.54) is 11.8 Å². The molecule has 1 unspecified atom stereocenters. The predicted octanol–water partition coefficient (Wildman–Crippen LogP) is 6.98. The van der Waals surface area contributed by atoms with Gasteiger partial charge in [-0.05, 0) is 79.6 Å². The van der Waals surface area contributed by atoms with Crippen molar-refractivity contribution < 1.29 is 14.4 Å². The number of hydrogen-bond donors (Lipinski definition) is 3. The summed E-state index contributed by atoms with van der Waals surface area (Å²) in [5.74, 6) is -0.936. The third-order valence-corrected chi connectivity index (χ3v) is 7.96. The van der Waals surface area contributed by atoms with Crippen molar-refractivity contribution in [1.29, 1.82) is 0 Å². The fraction of sp³-hybridized carbons (Fsp3) is 0.171. The molecule has 8 heteroatoms. The number of rotatable bonds is 11. The van der Waals surface area contributed by atoms with E-state index in [4.69, 9.17) is 0 Å². The minimum absolute atomic E-state index is 0.0834. The summed E-state index contributed by atoms with van der Waals surface area (Å²) in [7, 11) is 3.91. The number of benzene rings is 4. The summed E-state index contributed by atoms with van der Waals surface area (Å²) in [6.07, 6.45) is 2.28. The van der Waals surface area contributed by atoms with E-state index in [2.05, 4.69) is 16.0 Å². The fourth-order valence-corrected chi connectivity index (χ4v) is 5.18. The zero-order valence-electron chi connectivity index (χ0n) is 24.8. The first kappa shape index (κ1) is 31.1. The second-order valence-electron chi connectivity index (χ2n) is 10.2. The number of aryl methyl sites for hydroxylation is 1. The fourth-order valence-electron chi connectivity index (χ4n) is 4.17. The van der Waals surface area contributed by atoms with Gasteiger partial charge in [0.1, 0.15) is 5.70 Å². The Labute approximate surface area is 257 Å². The van der Waals surface area contributed by atoms with E-state index < -0.39 is 5.91 Å². The molecule has 4 aromatic rings. The lowest BCUT2D eigenvalue weighted by molar-refractivity contribution is -0.116. The molecule has 3 amide bonds. The summed E-state index contributed by atoms with van der Waals surface area (Å²) in [6, 6.07) is 31.4. The molecule has 0 aliphatic rings. The highest BCUT2D eigenvalue weighted by atomic mass is 32.2. The molecule has 0 fully saturated rings. The maximum atomic E-state index is 13.5. The van der Waals surface area contributed by atoms with Crippen molar-refractivity contribution in [2.75, 3.05) is 29.6 Å². The SMILES string of the molecule is CCC(Sc1cccc(NC(=O)/C(=C\c2ccc(N(C)C)cc2)NC(=O)c2ccccc2)c1)C(=O)Nc1ccc(C)cc1. The topological polar surface area (TPSA) is 90.5 Å². The molecule has 4 aromatic carbocycles. The lowest BCUT2D eigenvalue weighted by atomic mass is 10.1. The van der Waals surface area contributed by atoms with Crippen LogP contribution in [0, 0.1) is 6.92 Å². The van der Waals surface area contributed by atoms with Crippen molar-refractivity contribution in [2.45, 2.75) is 30.4 Å². The summed E-state index contributed by atoms with van der Waals surface area (Å²) in [5, 5.41) is 8.35. The number of carbonyl (C=O) groups is 3. The highest BCUT2D eigenvalue weighted by molar-refractivity contribution is 8.00. The van der Waals surface area contributed by atoms with Gasteiger partial charge in [0, 0.05) is 41.6 Å². The number of carbonyl (C=O) groups excluding carboxylic acids is 3. The average molecular weight is 593 g/mol. The minimum Gasteiger partial charge on any atom is -0.378 e. The Kier molecular flexibility index (Phi) is 10.8. The maximum Gasteiger partial charge on any atom is 0.272 e. The standard InChI is InChI=1S/C35H36N4O3S/c1-5-32(35(42)36-27-18-14-24(2)15-19-27)43-30-13-9-12-28(23-30)37-34(41)31(38-33(40)26-10-7-6-8-11-26)22-25-16-20-29(21-17-25)39(3)4/h6-23,32H,5H2,1-4H3,(H,36,42)(H,37,41)(H,38,40)/b31-22+. The quantitative estimate of drug-likeness (QED) is 0.129. The average Bonchev–Trinajstić information content (AvgIpc) is 3.01. The van der Waals surface area contributed by atoms with E-state index in [0.717, 1.165) is 27.4 Å². The molecule has 220 valence electrons. The third-order valence-electron chi connectivity index (χ3n) is 6.60. The van der Waals surface area contributed by atoms with E-state index >= 15 is 0 Å². The monoisotopic (exact) mass is 592 g/mol. The Morgan fingerprint density at radius 2 is 1.51 bits per heavy atom. The molecular formula is C35H36N4O3S. The molecule has 7 nitrogen and oxygen atoms in total. The van der Waals surface area contributed by atoms with Gasteiger partial charge in [-0.1, -0.05) is 61.0 Å². The first-order valence-corrected chi connectivity index (χ1v) is 14.9. The van der Waals surface area contributed by atoms with Gasteiger partial charge in [0.15, 0.2) is 0 Å². The van der Waals surface area contributed by atoms with Crippen LogP contribution < -0.4 is 20.9 Å². The Morgan fingerprint density at radius 3 is 2.16 bits per heavy atom. The van der Waals surface area contributed by atoms with Gasteiger partial charge in [-0.3, -0.25) is 14.4 Å². The zero-order chi connectivity index (χ0) is 30.8. The van der Waals surface area contributed by atoms with Crippen LogP contribution >= 0.6 is 11.8 Å². The van der Waals surface area contributed by atoms with Crippen LogP contribution in [0.1, 0.15) is 34.8 Å². The Bertz CT molecular complexity index is 1580. The maximum absolute atomic E-state index is 13.5. The van der Waals surface area contributed by atoms with Gasteiger partial charge in [-0.25, -0.2) is 0 Å². The van der Waals surface area contributed by atoms with Crippen LogP contribution in [0.15, 0.2) is 114 Å². The lowest BCUT2D eigenvalue weighted by Gasteiger charge is -2.16. The van der Waals surface area contributed by atoms with Crippen molar-refractivity contribution in [3.8, 4) is 0 Å². The molecule has 0 aliphatic heterocycles. The number of anilines is 3. The molecule has 0 bridgehead atoms. The lowest BCUT2D eigenvalue weighted by Crippen LogP contribution is -2.30. The van der Waals surface area contributed by atoms with Crippen LogP contribution in [-0.4, -0.2) is 37.1 Å². The molecule has 0 saturated heterocycles. The second kappa shape index (κ2) is 14.9. The summed E-state index contributed by atoms with van der Waals surface area (Å²) >= 11 is 1.43. The van der Waals surface area contributed by atoms with Gasteiger partial charge >= 0.3 is 0 Å². The zero-order valence-corrected chi connectivity index (χ0v) is 25.6. The smallest absolute Gasteiger partial charge is 0.272 e. The van der Waals surface area contributed by atoms with Gasteiger partial charge in [0.25, 0.3) is 11.8 Å². The summed E-state index contributed by atoms with van der Waals surface area (Å²) in [4.78, 5) is 42.3. The number of hydrogen-bond acceptors (Lipinski definition) is 5. The molecule has 0 spiro atoms. The highest BCUT2D eigenvalue weighted by Gasteiger charge is 2.19. The van der Waals surface area contributed by atoms with Gasteiger partial charge in [-0.15, -0.1) is 11.8 Å². The van der Waals surface area contributed by atoms with Crippen LogP contribution in [0.2, 0.25) is 0 Å². The minimum atomic E-state index is -0.465. The Hall–Kier alpha value is -4.82. The van der Waals surface area contributed by atoms with Crippen molar-refractivity contribution in [3.05, 3.63) is 126 Å². The predicted molar refractivity (Wildman–Crippen MR) is 177 cm³/mol. The van der Waals surface area contributed by atoms with Crippen LogP contribution in [0.25, 0.3) is 6.08 Å². The molecular weight excluding hydrogens is 556 g/mol. The largest absolute Gasteiger partial charge is 0.378 e.